The third kappa shape index (κ3) is 2.89. The summed E-state index contributed by atoms with van der Waals surface area (Å²) in [5, 5.41) is 2.82. The topological polar surface area (TPSA) is 0 Å². The minimum atomic E-state index is 0.701. The first-order valence-electron chi connectivity index (χ1n) is 5.60. The molecule has 2 aromatic rings. The van der Waals surface area contributed by atoms with Gasteiger partial charge in [-0.25, -0.2) is 0 Å². The first-order valence-corrected chi connectivity index (χ1v) is 7.36. The van der Waals surface area contributed by atoms with Gasteiger partial charge in [-0.3, -0.25) is 0 Å². The van der Waals surface area contributed by atoms with Crippen LogP contribution in [-0.4, -0.2) is 5.25 Å². The fourth-order valence-corrected chi connectivity index (χ4v) is 3.11. The number of benzene rings is 1. The van der Waals surface area contributed by atoms with Crippen molar-refractivity contribution in [1.29, 1.82) is 0 Å². The molecule has 0 aliphatic carbocycles. The van der Waals surface area contributed by atoms with Crippen molar-refractivity contribution in [2.24, 2.45) is 0 Å². The fourth-order valence-electron chi connectivity index (χ4n) is 1.46. The lowest BCUT2D eigenvalue weighted by molar-refractivity contribution is 0.906. The average Bonchev–Trinajstić information content (AvgIpc) is 2.83. The molecule has 0 amide bonds. The molecule has 0 saturated heterocycles. The molecule has 1 aromatic carbocycles. The molecule has 2 heteroatoms. The smallest absolute Gasteiger partial charge is 0.0342 e. The van der Waals surface area contributed by atoms with Crippen molar-refractivity contribution in [1.82, 2.24) is 0 Å². The zero-order valence-electron chi connectivity index (χ0n) is 9.64. The Morgan fingerprint density at radius 1 is 1.19 bits per heavy atom. The summed E-state index contributed by atoms with van der Waals surface area (Å²) >= 11 is 3.75. The highest BCUT2D eigenvalue weighted by Crippen LogP contribution is 2.29. The SMILES string of the molecule is CCC(C)Sc1ccc(-c2cccs2)cc1. The van der Waals surface area contributed by atoms with Gasteiger partial charge in [0.25, 0.3) is 0 Å². The van der Waals surface area contributed by atoms with Crippen molar-refractivity contribution in [3.05, 3.63) is 41.8 Å². The van der Waals surface area contributed by atoms with E-state index in [4.69, 9.17) is 0 Å². The molecule has 0 aliphatic rings. The van der Waals surface area contributed by atoms with Crippen molar-refractivity contribution in [3.8, 4) is 10.4 Å². The minimum Gasteiger partial charge on any atom is -0.144 e. The van der Waals surface area contributed by atoms with Gasteiger partial charge in [0.15, 0.2) is 0 Å². The Kier molecular flexibility index (Phi) is 4.08. The minimum absolute atomic E-state index is 0.701. The maximum atomic E-state index is 2.28. The molecule has 0 radical (unpaired) electrons. The second kappa shape index (κ2) is 5.55. The van der Waals surface area contributed by atoms with E-state index in [-0.39, 0.29) is 0 Å². The first-order chi connectivity index (χ1) is 7.79. The van der Waals surface area contributed by atoms with Crippen molar-refractivity contribution >= 4 is 23.1 Å². The predicted molar refractivity (Wildman–Crippen MR) is 75.4 cm³/mol. The van der Waals surface area contributed by atoms with Crippen LogP contribution in [0.15, 0.2) is 46.7 Å². The molecule has 1 unspecified atom stereocenters. The highest BCUT2D eigenvalue weighted by Gasteiger charge is 2.02. The van der Waals surface area contributed by atoms with Gasteiger partial charge in [0.1, 0.15) is 0 Å². The number of hydrogen-bond donors (Lipinski definition) is 0. The van der Waals surface area contributed by atoms with E-state index in [0.717, 1.165) is 0 Å². The molecule has 0 saturated carbocycles. The molecular weight excluding hydrogens is 232 g/mol. The van der Waals surface area contributed by atoms with E-state index >= 15 is 0 Å². The first kappa shape index (κ1) is 11.7. The molecule has 2 rings (SSSR count). The van der Waals surface area contributed by atoms with Gasteiger partial charge >= 0.3 is 0 Å². The fraction of sp³-hybridized carbons (Fsp3) is 0.286. The molecule has 0 fully saturated rings. The second-order valence-electron chi connectivity index (χ2n) is 3.84. The van der Waals surface area contributed by atoms with E-state index in [2.05, 4.69) is 55.6 Å². The van der Waals surface area contributed by atoms with Crippen LogP contribution < -0.4 is 0 Å². The van der Waals surface area contributed by atoms with Crippen molar-refractivity contribution in [2.45, 2.75) is 30.4 Å². The molecule has 0 spiro atoms. The van der Waals surface area contributed by atoms with Crippen molar-refractivity contribution in [2.75, 3.05) is 0 Å². The normalized spacial score (nSPS) is 12.6. The largest absolute Gasteiger partial charge is 0.144 e. The van der Waals surface area contributed by atoms with Gasteiger partial charge in [-0.05, 0) is 35.6 Å². The molecule has 0 N–H and O–H groups in total. The Labute approximate surface area is 106 Å². The zero-order chi connectivity index (χ0) is 11.4. The van der Waals surface area contributed by atoms with Crippen LogP contribution in [-0.2, 0) is 0 Å². The molecule has 0 nitrogen and oxygen atoms in total. The Hall–Kier alpha value is -0.730. The van der Waals surface area contributed by atoms with Gasteiger partial charge in [-0.2, -0.15) is 0 Å². The molecule has 1 aromatic heterocycles. The number of rotatable bonds is 4. The lowest BCUT2D eigenvalue weighted by Gasteiger charge is -2.08. The van der Waals surface area contributed by atoms with Gasteiger partial charge < -0.3 is 0 Å². The highest BCUT2D eigenvalue weighted by atomic mass is 32.2. The van der Waals surface area contributed by atoms with Gasteiger partial charge in [0.2, 0.25) is 0 Å². The van der Waals surface area contributed by atoms with Crippen LogP contribution in [0, 0.1) is 0 Å². The third-order valence-corrected chi connectivity index (χ3v) is 4.77. The Bertz CT molecular complexity index is 415. The summed E-state index contributed by atoms with van der Waals surface area (Å²) < 4.78 is 0. The average molecular weight is 248 g/mol. The Morgan fingerprint density at radius 2 is 1.94 bits per heavy atom. The summed E-state index contributed by atoms with van der Waals surface area (Å²) in [5.41, 5.74) is 1.32. The molecule has 16 heavy (non-hydrogen) atoms. The summed E-state index contributed by atoms with van der Waals surface area (Å²) in [6, 6.07) is 13.2. The van der Waals surface area contributed by atoms with E-state index in [1.807, 2.05) is 11.8 Å². The summed E-state index contributed by atoms with van der Waals surface area (Å²) in [5.74, 6) is 0. The molecule has 1 heterocycles. The Balaban J connectivity index is 2.11. The molecule has 1 atom stereocenters. The lowest BCUT2D eigenvalue weighted by atomic mass is 10.2. The summed E-state index contributed by atoms with van der Waals surface area (Å²) in [6.45, 7) is 4.51. The van der Waals surface area contributed by atoms with Crippen LogP contribution in [0.1, 0.15) is 20.3 Å². The van der Waals surface area contributed by atoms with Crippen LogP contribution in [0.2, 0.25) is 0 Å². The van der Waals surface area contributed by atoms with Crippen LogP contribution >= 0.6 is 23.1 Å². The number of thioether (sulfide) groups is 1. The van der Waals surface area contributed by atoms with Crippen LogP contribution in [0.4, 0.5) is 0 Å². The predicted octanol–water partition coefficient (Wildman–Crippen LogP) is 5.31. The molecule has 0 bridgehead atoms. The van der Waals surface area contributed by atoms with Gasteiger partial charge in [0, 0.05) is 15.0 Å². The summed E-state index contributed by atoms with van der Waals surface area (Å²) in [7, 11) is 0. The maximum absolute atomic E-state index is 2.28. The van der Waals surface area contributed by atoms with E-state index in [0.29, 0.717) is 5.25 Å². The monoisotopic (exact) mass is 248 g/mol. The van der Waals surface area contributed by atoms with Crippen LogP contribution in [0.25, 0.3) is 10.4 Å². The number of hydrogen-bond acceptors (Lipinski definition) is 2. The third-order valence-electron chi connectivity index (χ3n) is 2.57. The van der Waals surface area contributed by atoms with Gasteiger partial charge in [-0.15, -0.1) is 23.1 Å². The van der Waals surface area contributed by atoms with E-state index < -0.39 is 0 Å². The van der Waals surface area contributed by atoms with E-state index in [9.17, 15) is 0 Å². The zero-order valence-corrected chi connectivity index (χ0v) is 11.3. The molecule has 0 aliphatic heterocycles. The summed E-state index contributed by atoms with van der Waals surface area (Å²) in [6.07, 6.45) is 1.22. The van der Waals surface area contributed by atoms with Crippen molar-refractivity contribution < 1.29 is 0 Å². The molecule has 84 valence electrons. The molecular formula is C14H16S2. The van der Waals surface area contributed by atoms with Gasteiger partial charge in [0.05, 0.1) is 0 Å². The van der Waals surface area contributed by atoms with Crippen LogP contribution in [0.3, 0.4) is 0 Å². The van der Waals surface area contributed by atoms with Crippen molar-refractivity contribution in [3.63, 3.8) is 0 Å². The summed E-state index contributed by atoms with van der Waals surface area (Å²) in [4.78, 5) is 2.72. The number of thiophene rings is 1. The van der Waals surface area contributed by atoms with E-state index in [1.165, 1.54) is 21.8 Å². The standard InChI is InChI=1S/C14H16S2/c1-3-11(2)16-13-8-6-12(7-9-13)14-5-4-10-15-14/h4-11H,3H2,1-2H3. The van der Waals surface area contributed by atoms with E-state index in [1.54, 1.807) is 11.3 Å². The second-order valence-corrected chi connectivity index (χ2v) is 6.30. The quantitative estimate of drug-likeness (QED) is 0.661. The Morgan fingerprint density at radius 3 is 2.50 bits per heavy atom. The maximum Gasteiger partial charge on any atom is 0.0342 e. The lowest BCUT2D eigenvalue weighted by Crippen LogP contribution is -1.91. The highest BCUT2D eigenvalue weighted by molar-refractivity contribution is 7.99. The van der Waals surface area contributed by atoms with Gasteiger partial charge in [-0.1, -0.05) is 32.0 Å². The van der Waals surface area contributed by atoms with Crippen LogP contribution in [0.5, 0.6) is 0 Å².